The number of amides is 4. The van der Waals surface area contributed by atoms with E-state index in [0.29, 0.717) is 11.4 Å². The number of aromatic nitrogens is 3. The van der Waals surface area contributed by atoms with Crippen LogP contribution in [0, 0.1) is 5.82 Å². The van der Waals surface area contributed by atoms with Gasteiger partial charge in [0, 0.05) is 6.42 Å². The minimum absolute atomic E-state index is 0.0107. The number of ether oxygens (including phenoxy) is 1. The van der Waals surface area contributed by atoms with Crippen molar-refractivity contribution in [3.8, 4) is 5.75 Å². The maximum atomic E-state index is 14.2. The number of hydrogen-bond acceptors (Lipinski definition) is 9. The van der Waals surface area contributed by atoms with E-state index in [1.54, 1.807) is 30.5 Å². The van der Waals surface area contributed by atoms with Crippen LogP contribution in [0.4, 0.5) is 4.39 Å². The fourth-order valence-electron chi connectivity index (χ4n) is 4.60. The van der Waals surface area contributed by atoms with E-state index in [2.05, 4.69) is 31.6 Å². The molecule has 4 amide bonds. The highest BCUT2D eigenvalue weighted by Crippen LogP contribution is 2.20. The first-order chi connectivity index (χ1) is 21.6. The smallest absolute Gasteiger partial charge is 0.255 e. The Morgan fingerprint density at radius 1 is 1.04 bits per heavy atom. The molecular weight excluding hydrogens is 605 g/mol. The van der Waals surface area contributed by atoms with Crippen LogP contribution in [-0.2, 0) is 33.9 Å². The quantitative estimate of drug-likeness (QED) is 0.258. The molecule has 2 bridgehead atoms. The summed E-state index contributed by atoms with van der Waals surface area (Å²) in [6, 6.07) is 8.85. The monoisotopic (exact) mass is 641 g/mol. The van der Waals surface area contributed by atoms with Crippen LogP contribution in [0.1, 0.15) is 35.0 Å². The van der Waals surface area contributed by atoms with E-state index in [1.165, 1.54) is 29.4 Å². The lowest BCUT2D eigenvalue weighted by Gasteiger charge is -2.27. The van der Waals surface area contributed by atoms with Crippen molar-refractivity contribution < 1.29 is 33.4 Å². The second kappa shape index (κ2) is 16.0. The van der Waals surface area contributed by atoms with E-state index in [1.807, 2.05) is 12.3 Å². The first-order valence-corrected chi connectivity index (χ1v) is 15.8. The van der Waals surface area contributed by atoms with Gasteiger partial charge in [0.2, 0.25) is 17.7 Å². The summed E-state index contributed by atoms with van der Waals surface area (Å²) in [6.45, 7) is 1.62. The third-order valence-corrected chi connectivity index (χ3v) is 7.65. The van der Waals surface area contributed by atoms with E-state index in [-0.39, 0.29) is 43.9 Å². The van der Waals surface area contributed by atoms with Gasteiger partial charge in [-0.2, -0.15) is 11.8 Å². The van der Waals surface area contributed by atoms with Gasteiger partial charge in [-0.15, -0.1) is 5.10 Å². The number of nitrogens with one attached hydrogen (secondary N) is 4. The van der Waals surface area contributed by atoms with Crippen LogP contribution >= 0.6 is 11.8 Å². The molecule has 0 radical (unpaired) electrons. The third kappa shape index (κ3) is 9.49. The molecular formula is C30H36FN7O6S. The van der Waals surface area contributed by atoms with E-state index >= 15 is 0 Å². The molecule has 4 rings (SSSR count). The number of nitrogens with zero attached hydrogens (tertiary/aromatic N) is 3. The van der Waals surface area contributed by atoms with Crippen molar-refractivity contribution in [3.05, 3.63) is 77.4 Å². The molecule has 1 aromatic heterocycles. The van der Waals surface area contributed by atoms with Gasteiger partial charge in [-0.05, 0) is 49.1 Å². The van der Waals surface area contributed by atoms with Crippen molar-refractivity contribution in [1.29, 1.82) is 0 Å². The van der Waals surface area contributed by atoms with Gasteiger partial charge in [0.15, 0.2) is 0 Å². The van der Waals surface area contributed by atoms with Gasteiger partial charge < -0.3 is 31.1 Å². The third-order valence-electron chi connectivity index (χ3n) is 7.00. The van der Waals surface area contributed by atoms with Gasteiger partial charge in [0.25, 0.3) is 5.91 Å². The average Bonchev–Trinajstić information content (AvgIpc) is 3.48. The molecule has 5 N–H and O–H groups in total. The fourth-order valence-corrected chi connectivity index (χ4v) is 5.08. The van der Waals surface area contributed by atoms with Crippen molar-refractivity contribution >= 4 is 35.4 Å². The molecule has 4 atom stereocenters. The van der Waals surface area contributed by atoms with E-state index in [4.69, 9.17) is 4.74 Å². The van der Waals surface area contributed by atoms with Crippen molar-refractivity contribution in [3.63, 3.8) is 0 Å². The standard InChI is InChI=1S/C30H36FN7O6S/c1-18(39)26-30(43)34-24(14-19-6-4-3-5-7-19)28(41)32-16-21-17-38(37-36-21)11-12-44-25-9-8-20(31)15-22(25)27(40)33-23(10-13-45-2)29(42)35-26/h3-9,15,17-18,23-24,26,39H,10-14,16H2,1-2H3,(H,32,41)(H,33,40)(H,34,43)(H,35,42)/t18-,23+,24-,26+/m1/s1. The van der Waals surface area contributed by atoms with Crippen LogP contribution in [0.3, 0.4) is 0 Å². The largest absolute Gasteiger partial charge is 0.491 e. The topological polar surface area (TPSA) is 177 Å². The maximum Gasteiger partial charge on any atom is 0.255 e. The number of benzene rings is 2. The number of aliphatic hydroxyl groups is 1. The van der Waals surface area contributed by atoms with Gasteiger partial charge in [-0.1, -0.05) is 35.5 Å². The highest BCUT2D eigenvalue weighted by Gasteiger charge is 2.33. The summed E-state index contributed by atoms with van der Waals surface area (Å²) in [6.07, 6.45) is 2.38. The van der Waals surface area contributed by atoms with Gasteiger partial charge in [0.05, 0.1) is 31.0 Å². The number of carbonyl (C=O) groups is 4. The molecule has 0 unspecified atom stereocenters. The summed E-state index contributed by atoms with van der Waals surface area (Å²) in [4.78, 5) is 53.6. The number of aliphatic hydroxyl groups excluding tert-OH is 1. The molecule has 2 aromatic carbocycles. The predicted molar refractivity (Wildman–Crippen MR) is 164 cm³/mol. The van der Waals surface area contributed by atoms with Crippen LogP contribution in [0.2, 0.25) is 0 Å². The van der Waals surface area contributed by atoms with Crippen LogP contribution in [0.25, 0.3) is 0 Å². The molecule has 0 saturated carbocycles. The summed E-state index contributed by atoms with van der Waals surface area (Å²) in [5.74, 6) is -2.93. The Hall–Kier alpha value is -4.50. The zero-order chi connectivity index (χ0) is 32.3. The normalized spacial score (nSPS) is 20.8. The van der Waals surface area contributed by atoms with E-state index < -0.39 is 53.7 Å². The molecule has 0 saturated heterocycles. The molecule has 240 valence electrons. The molecule has 13 nitrogen and oxygen atoms in total. The molecule has 15 heteroatoms. The summed E-state index contributed by atoms with van der Waals surface area (Å²) >= 11 is 1.43. The highest BCUT2D eigenvalue weighted by molar-refractivity contribution is 7.98. The number of hydrogen-bond donors (Lipinski definition) is 5. The molecule has 0 spiro atoms. The Morgan fingerprint density at radius 2 is 1.82 bits per heavy atom. The lowest BCUT2D eigenvalue weighted by Crippen LogP contribution is -2.60. The number of halogens is 1. The van der Waals surface area contributed by atoms with Crippen molar-refractivity contribution in [1.82, 2.24) is 36.3 Å². The summed E-state index contributed by atoms with van der Waals surface area (Å²) in [7, 11) is 0. The van der Waals surface area contributed by atoms with Crippen LogP contribution in [-0.4, -0.2) is 86.6 Å². The Morgan fingerprint density at radius 3 is 2.56 bits per heavy atom. The molecule has 1 aliphatic rings. The molecule has 3 aromatic rings. The van der Waals surface area contributed by atoms with Crippen LogP contribution < -0.4 is 26.0 Å². The molecule has 2 heterocycles. The van der Waals surface area contributed by atoms with Crippen molar-refractivity contribution in [2.24, 2.45) is 0 Å². The van der Waals surface area contributed by atoms with Gasteiger partial charge in [0.1, 0.15) is 42.0 Å². The zero-order valence-corrected chi connectivity index (χ0v) is 25.7. The lowest BCUT2D eigenvalue weighted by molar-refractivity contribution is -0.134. The first kappa shape index (κ1) is 33.4. The maximum absolute atomic E-state index is 14.2. The Bertz CT molecular complexity index is 1490. The number of rotatable bonds is 6. The van der Waals surface area contributed by atoms with Crippen LogP contribution in [0.15, 0.2) is 54.7 Å². The minimum Gasteiger partial charge on any atom is -0.491 e. The van der Waals surface area contributed by atoms with Gasteiger partial charge >= 0.3 is 0 Å². The Kier molecular flexibility index (Phi) is 11.9. The minimum atomic E-state index is -1.46. The Labute approximate surface area is 263 Å². The molecule has 45 heavy (non-hydrogen) atoms. The van der Waals surface area contributed by atoms with Crippen molar-refractivity contribution in [2.45, 2.75) is 57.1 Å². The lowest BCUT2D eigenvalue weighted by atomic mass is 10.0. The zero-order valence-electron chi connectivity index (χ0n) is 24.9. The first-order valence-electron chi connectivity index (χ1n) is 14.4. The molecule has 1 aliphatic heterocycles. The van der Waals surface area contributed by atoms with E-state index in [9.17, 15) is 28.7 Å². The second-order valence-electron chi connectivity index (χ2n) is 10.5. The Balaban J connectivity index is 1.66. The number of carbonyl (C=O) groups excluding carboxylic acids is 4. The van der Waals surface area contributed by atoms with Gasteiger partial charge in [-0.25, -0.2) is 9.07 Å². The van der Waals surface area contributed by atoms with Gasteiger partial charge in [-0.3, -0.25) is 19.2 Å². The summed E-state index contributed by atoms with van der Waals surface area (Å²) in [5, 5.41) is 29.2. The second-order valence-corrected chi connectivity index (χ2v) is 11.5. The average molecular weight is 642 g/mol. The summed E-state index contributed by atoms with van der Waals surface area (Å²) in [5.41, 5.74) is 1.09. The number of fused-ring (bicyclic) bond motifs is 3. The molecule has 0 aliphatic carbocycles. The predicted octanol–water partition coefficient (Wildman–Crippen LogP) is 0.571. The number of thioether (sulfide) groups is 1. The van der Waals surface area contributed by atoms with Crippen LogP contribution in [0.5, 0.6) is 5.75 Å². The van der Waals surface area contributed by atoms with E-state index in [0.717, 1.165) is 17.7 Å². The van der Waals surface area contributed by atoms with Crippen molar-refractivity contribution in [2.75, 3.05) is 18.6 Å². The summed E-state index contributed by atoms with van der Waals surface area (Å²) < 4.78 is 21.5. The molecule has 0 fully saturated rings. The SMILES string of the molecule is CSCC[C@@H]1NC(=O)c2cc(F)ccc2OCCn2cc(nn2)CNC(=O)[C@@H](Cc2ccccc2)NC(=O)[C@H]([C@@H](C)O)NC1=O. The highest BCUT2D eigenvalue weighted by atomic mass is 32.2. The fraction of sp³-hybridized carbons (Fsp3) is 0.400.